The number of aryl methyl sites for hydroxylation is 1. The molecule has 84 valence electrons. The third kappa shape index (κ3) is 2.81. The first-order valence-corrected chi connectivity index (χ1v) is 5.22. The Kier molecular flexibility index (Phi) is 2.20. The monoisotopic (exact) mass is 277 g/mol. The first kappa shape index (κ1) is 8.33. The predicted molar refractivity (Wildman–Crippen MR) is 61.0 cm³/mol. The van der Waals surface area contributed by atoms with E-state index < -0.39 is 18.5 Å². The highest BCUT2D eigenvalue weighted by molar-refractivity contribution is 9.10. The molecule has 1 heterocycles. The highest BCUT2D eigenvalue weighted by Gasteiger charge is 2.21. The van der Waals surface area contributed by atoms with Crippen LogP contribution in [0.15, 0.2) is 4.47 Å². The van der Waals surface area contributed by atoms with E-state index in [1.54, 1.807) is 27.7 Å². The van der Waals surface area contributed by atoms with E-state index in [-0.39, 0.29) is 5.69 Å². The van der Waals surface area contributed by atoms with Gasteiger partial charge in [0.05, 0.1) is 15.9 Å². The lowest BCUT2D eigenvalue weighted by Crippen LogP contribution is -2.28. The van der Waals surface area contributed by atoms with Crippen molar-refractivity contribution in [1.29, 1.82) is 0 Å². The Morgan fingerprint density at radius 3 is 2.60 bits per heavy atom. The van der Waals surface area contributed by atoms with E-state index in [4.69, 9.17) is 8.85 Å². The van der Waals surface area contributed by atoms with E-state index >= 15 is 0 Å². The van der Waals surface area contributed by atoms with Gasteiger partial charge in [-0.3, -0.25) is 0 Å². The molecular weight excluding hydrogens is 260 g/mol. The zero-order chi connectivity index (χ0) is 14.3. The summed E-state index contributed by atoms with van der Waals surface area (Å²) >= 11 is 3.13. The summed E-state index contributed by atoms with van der Waals surface area (Å²) in [4.78, 5) is 11.8. The third-order valence-electron chi connectivity index (χ3n) is 1.61. The maximum atomic E-state index is 11.8. The number of carbonyl (C=O) groups excluding carboxylic acids is 1. The molecule has 0 aliphatic carbocycles. The molecule has 1 aromatic heterocycles. The van der Waals surface area contributed by atoms with Crippen LogP contribution < -0.4 is 0 Å². The maximum Gasteiger partial charge on any atom is 0.435 e. The summed E-state index contributed by atoms with van der Waals surface area (Å²) in [6.07, 6.45) is -0.698. The molecule has 0 aromatic carbocycles. The average molecular weight is 278 g/mol. The molecule has 0 spiro atoms. The van der Waals surface area contributed by atoms with Crippen molar-refractivity contribution in [2.75, 3.05) is 0 Å². The molecule has 0 aliphatic rings. The van der Waals surface area contributed by atoms with Gasteiger partial charge in [-0.2, -0.15) is 9.78 Å². The van der Waals surface area contributed by atoms with Crippen LogP contribution in [0.4, 0.5) is 4.79 Å². The molecule has 0 amide bonds. The van der Waals surface area contributed by atoms with Gasteiger partial charge in [0.1, 0.15) is 5.60 Å². The second-order valence-corrected chi connectivity index (χ2v) is 4.93. The minimum absolute atomic E-state index is 0.147. The quantitative estimate of drug-likeness (QED) is 0.732. The number of hydrogen-bond acceptors (Lipinski definition) is 3. The van der Waals surface area contributed by atoms with Crippen molar-refractivity contribution in [3.63, 3.8) is 0 Å². The van der Waals surface area contributed by atoms with Crippen LogP contribution in [0.3, 0.4) is 0 Å². The van der Waals surface area contributed by atoms with Gasteiger partial charge in [-0.15, -0.1) is 0 Å². The van der Waals surface area contributed by atoms with Crippen LogP contribution in [-0.2, 0) is 4.74 Å². The van der Waals surface area contributed by atoms with Crippen molar-refractivity contribution < 1.29 is 13.6 Å². The van der Waals surface area contributed by atoms with Crippen LogP contribution in [-0.4, -0.2) is 21.5 Å². The maximum absolute atomic E-state index is 11.8. The number of hydrogen-bond donors (Lipinski definition) is 0. The van der Waals surface area contributed by atoms with Crippen molar-refractivity contribution in [2.24, 2.45) is 0 Å². The summed E-state index contributed by atoms with van der Waals surface area (Å²) in [6.45, 7) is 4.39. The molecule has 5 heteroatoms. The Morgan fingerprint density at radius 1 is 1.60 bits per heavy atom. The smallest absolute Gasteiger partial charge is 0.435 e. The summed E-state index contributed by atoms with van der Waals surface area (Å²) < 4.78 is 28.4. The highest BCUT2D eigenvalue weighted by atomic mass is 79.9. The lowest BCUT2D eigenvalue weighted by atomic mass is 10.2. The highest BCUT2D eigenvalue weighted by Crippen LogP contribution is 2.20. The lowest BCUT2D eigenvalue weighted by molar-refractivity contribution is 0.0510. The average Bonchev–Trinajstić information content (AvgIpc) is 2.40. The standard InChI is InChI=1S/C10H15BrN2O2/c1-6-8(11)7(2)13(12-6)9(14)15-10(3,4)5/h1-5H3/i1D3. The third-order valence-corrected chi connectivity index (χ3v) is 2.56. The zero-order valence-corrected chi connectivity index (χ0v) is 10.7. The van der Waals surface area contributed by atoms with Crippen LogP contribution in [0.2, 0.25) is 0 Å². The molecule has 0 N–H and O–H groups in total. The van der Waals surface area contributed by atoms with E-state index in [9.17, 15) is 4.79 Å². The molecule has 0 fully saturated rings. The van der Waals surface area contributed by atoms with Gasteiger partial charge < -0.3 is 4.74 Å². The van der Waals surface area contributed by atoms with Gasteiger partial charge in [-0.05, 0) is 50.5 Å². The van der Waals surface area contributed by atoms with E-state index in [0.29, 0.717) is 10.2 Å². The summed E-state index contributed by atoms with van der Waals surface area (Å²) in [7, 11) is 0. The lowest BCUT2D eigenvalue weighted by Gasteiger charge is -2.19. The molecule has 1 rings (SSSR count). The molecule has 0 radical (unpaired) electrons. The Morgan fingerprint density at radius 2 is 2.20 bits per heavy atom. The van der Waals surface area contributed by atoms with Gasteiger partial charge in [0.2, 0.25) is 0 Å². The second kappa shape index (κ2) is 3.96. The number of carbonyl (C=O) groups is 1. The van der Waals surface area contributed by atoms with Gasteiger partial charge in [0, 0.05) is 4.11 Å². The summed E-state index contributed by atoms with van der Waals surface area (Å²) in [5.41, 5.74) is -0.413. The normalized spacial score (nSPS) is 15.4. The van der Waals surface area contributed by atoms with E-state index in [1.807, 2.05) is 0 Å². The second-order valence-electron chi connectivity index (χ2n) is 4.14. The van der Waals surface area contributed by atoms with Crippen LogP contribution in [0, 0.1) is 13.8 Å². The molecule has 0 unspecified atom stereocenters. The van der Waals surface area contributed by atoms with E-state index in [2.05, 4.69) is 21.0 Å². The van der Waals surface area contributed by atoms with Gasteiger partial charge in [0.25, 0.3) is 0 Å². The Hall–Kier alpha value is -0.840. The van der Waals surface area contributed by atoms with E-state index in [0.717, 1.165) is 4.68 Å². The van der Waals surface area contributed by atoms with Crippen molar-refractivity contribution in [2.45, 2.75) is 40.1 Å². The minimum atomic E-state index is -2.38. The first-order valence-electron chi connectivity index (χ1n) is 5.92. The summed E-state index contributed by atoms with van der Waals surface area (Å²) in [5.74, 6) is 0. The summed E-state index contributed by atoms with van der Waals surface area (Å²) in [6, 6.07) is 0. The van der Waals surface area contributed by atoms with Crippen LogP contribution in [0.1, 0.15) is 36.3 Å². The largest absolute Gasteiger partial charge is 0.442 e. The first-order chi connectivity index (χ1) is 7.93. The Bertz CT molecular complexity index is 475. The van der Waals surface area contributed by atoms with Crippen LogP contribution in [0.5, 0.6) is 0 Å². The molecule has 0 saturated carbocycles. The van der Waals surface area contributed by atoms with Crippen molar-refractivity contribution in [3.8, 4) is 0 Å². The molecule has 0 aliphatic heterocycles. The van der Waals surface area contributed by atoms with Gasteiger partial charge >= 0.3 is 6.09 Å². The Labute approximate surface area is 102 Å². The molecular formula is C10H15BrN2O2. The van der Waals surface area contributed by atoms with Crippen molar-refractivity contribution >= 4 is 22.0 Å². The van der Waals surface area contributed by atoms with E-state index in [1.165, 1.54) is 0 Å². The van der Waals surface area contributed by atoms with Crippen LogP contribution >= 0.6 is 15.9 Å². The SMILES string of the molecule is [2H]C([2H])([2H])c1nn(C(=O)OC(C)(C)C)c(C)c1Br. The molecule has 0 saturated heterocycles. The molecule has 0 atom stereocenters. The molecule has 1 aromatic rings. The summed E-state index contributed by atoms with van der Waals surface area (Å²) in [5, 5.41) is 3.80. The fourth-order valence-corrected chi connectivity index (χ4v) is 1.21. The van der Waals surface area contributed by atoms with Gasteiger partial charge in [-0.25, -0.2) is 4.79 Å². The molecule has 4 nitrogen and oxygen atoms in total. The Balaban J connectivity index is 3.17. The van der Waals surface area contributed by atoms with Gasteiger partial charge in [-0.1, -0.05) is 0 Å². The number of aromatic nitrogens is 2. The zero-order valence-electron chi connectivity index (χ0n) is 12.1. The van der Waals surface area contributed by atoms with Crippen molar-refractivity contribution in [1.82, 2.24) is 9.78 Å². The fraction of sp³-hybridized carbons (Fsp3) is 0.600. The number of ether oxygens (including phenoxy) is 1. The number of nitrogens with zero attached hydrogens (tertiary/aromatic N) is 2. The topological polar surface area (TPSA) is 44.1 Å². The predicted octanol–water partition coefficient (Wildman–Crippen LogP) is 3.05. The fourth-order valence-electron chi connectivity index (χ4n) is 0.966. The minimum Gasteiger partial charge on any atom is -0.442 e. The molecule has 15 heavy (non-hydrogen) atoms. The molecule has 0 bridgehead atoms. The van der Waals surface area contributed by atoms with Gasteiger partial charge in [0.15, 0.2) is 0 Å². The van der Waals surface area contributed by atoms with Crippen LogP contribution in [0.25, 0.3) is 0 Å². The number of rotatable bonds is 0. The number of halogens is 1. The van der Waals surface area contributed by atoms with Crippen molar-refractivity contribution in [3.05, 3.63) is 15.9 Å².